The molecule has 1 atom stereocenters. The third kappa shape index (κ3) is 2.94. The van der Waals surface area contributed by atoms with Crippen molar-refractivity contribution in [1.29, 1.82) is 0 Å². The second-order valence-corrected chi connectivity index (χ2v) is 6.03. The van der Waals surface area contributed by atoms with Crippen molar-refractivity contribution >= 4 is 34.8 Å². The van der Waals surface area contributed by atoms with Crippen LogP contribution in [-0.4, -0.2) is 25.1 Å². The first-order valence-electron chi connectivity index (χ1n) is 7.02. The number of anilines is 2. The third-order valence-corrected chi connectivity index (χ3v) is 4.47. The summed E-state index contributed by atoms with van der Waals surface area (Å²) in [7, 11) is 1.81. The van der Waals surface area contributed by atoms with Gasteiger partial charge in [-0.2, -0.15) is 0 Å². The summed E-state index contributed by atoms with van der Waals surface area (Å²) in [6.45, 7) is 1.89. The molecule has 1 aromatic carbocycles. The van der Waals surface area contributed by atoms with Crippen LogP contribution in [0.15, 0.2) is 36.4 Å². The minimum absolute atomic E-state index is 0.526. The fraction of sp³-hybridized carbons (Fsp3) is 0.312. The van der Waals surface area contributed by atoms with Crippen LogP contribution < -0.4 is 10.2 Å². The number of benzene rings is 1. The lowest BCUT2D eigenvalue weighted by Crippen LogP contribution is -2.21. The van der Waals surface area contributed by atoms with E-state index in [1.165, 1.54) is 5.56 Å². The summed E-state index contributed by atoms with van der Waals surface area (Å²) in [5.41, 5.74) is 1.37. The Morgan fingerprint density at radius 2 is 1.95 bits per heavy atom. The van der Waals surface area contributed by atoms with Gasteiger partial charge in [0.1, 0.15) is 11.6 Å². The van der Waals surface area contributed by atoms with Crippen LogP contribution in [0.3, 0.4) is 0 Å². The van der Waals surface area contributed by atoms with E-state index >= 15 is 0 Å². The molecular weight excluding hydrogens is 305 g/mol. The number of hydrogen-bond acceptors (Lipinski definition) is 3. The molecule has 0 saturated carbocycles. The highest BCUT2D eigenvalue weighted by atomic mass is 35.5. The number of hydrogen-bond donors (Lipinski definition) is 1. The lowest BCUT2D eigenvalue weighted by atomic mass is 9.99. The van der Waals surface area contributed by atoms with E-state index in [1.807, 2.05) is 13.1 Å². The molecule has 1 fully saturated rings. The van der Waals surface area contributed by atoms with Gasteiger partial charge in [0, 0.05) is 26.1 Å². The number of pyridine rings is 1. The van der Waals surface area contributed by atoms with Gasteiger partial charge in [0.2, 0.25) is 0 Å². The van der Waals surface area contributed by atoms with E-state index in [9.17, 15) is 0 Å². The first-order chi connectivity index (χ1) is 10.2. The summed E-state index contributed by atoms with van der Waals surface area (Å²) < 4.78 is 0. The molecule has 1 N–H and O–H groups in total. The normalized spacial score (nSPS) is 18.0. The fourth-order valence-corrected chi connectivity index (χ4v) is 3.38. The average molecular weight is 322 g/mol. The monoisotopic (exact) mass is 321 g/mol. The molecule has 1 aromatic heterocycles. The third-order valence-electron chi connectivity index (χ3n) is 3.91. The van der Waals surface area contributed by atoms with Gasteiger partial charge in [0.05, 0.1) is 10.0 Å². The Morgan fingerprint density at radius 3 is 2.67 bits per heavy atom. The summed E-state index contributed by atoms with van der Waals surface area (Å²) in [4.78, 5) is 6.78. The number of nitrogens with one attached hydrogen (secondary N) is 1. The summed E-state index contributed by atoms with van der Waals surface area (Å²) in [6.07, 6.45) is 1.11. The van der Waals surface area contributed by atoms with Crippen molar-refractivity contribution in [2.45, 2.75) is 12.3 Å². The first-order valence-corrected chi connectivity index (χ1v) is 7.78. The van der Waals surface area contributed by atoms with Crippen molar-refractivity contribution in [3.8, 4) is 0 Å². The zero-order chi connectivity index (χ0) is 14.8. The second-order valence-electron chi connectivity index (χ2n) is 5.22. The van der Waals surface area contributed by atoms with Crippen LogP contribution in [0.4, 0.5) is 11.6 Å². The topological polar surface area (TPSA) is 28.2 Å². The Bertz CT molecular complexity index is 631. The molecule has 110 valence electrons. The van der Waals surface area contributed by atoms with Gasteiger partial charge in [0.25, 0.3) is 0 Å². The second kappa shape index (κ2) is 6.12. The Morgan fingerprint density at radius 1 is 1.19 bits per heavy atom. The van der Waals surface area contributed by atoms with Crippen molar-refractivity contribution in [2.24, 2.45) is 0 Å². The fourth-order valence-electron chi connectivity index (χ4n) is 2.80. The van der Waals surface area contributed by atoms with E-state index in [2.05, 4.69) is 39.5 Å². The molecule has 1 aliphatic rings. The predicted molar refractivity (Wildman–Crippen MR) is 89.8 cm³/mol. The summed E-state index contributed by atoms with van der Waals surface area (Å²) in [6, 6.07) is 12.4. The van der Waals surface area contributed by atoms with Gasteiger partial charge >= 0.3 is 0 Å². The molecule has 0 aliphatic carbocycles. The summed E-state index contributed by atoms with van der Waals surface area (Å²) in [5.74, 6) is 2.00. The van der Waals surface area contributed by atoms with Crippen molar-refractivity contribution in [1.82, 2.24) is 4.98 Å². The van der Waals surface area contributed by atoms with Crippen LogP contribution in [0, 0.1) is 0 Å². The highest BCUT2D eigenvalue weighted by Crippen LogP contribution is 2.36. The Hall–Kier alpha value is -1.45. The largest absolute Gasteiger partial charge is 0.372 e. The molecule has 1 unspecified atom stereocenters. The van der Waals surface area contributed by atoms with Gasteiger partial charge in [0.15, 0.2) is 0 Å². The van der Waals surface area contributed by atoms with E-state index in [1.54, 1.807) is 6.07 Å². The van der Waals surface area contributed by atoms with Crippen molar-refractivity contribution in [3.63, 3.8) is 0 Å². The van der Waals surface area contributed by atoms with E-state index in [0.717, 1.165) is 25.3 Å². The minimum Gasteiger partial charge on any atom is -0.372 e. The van der Waals surface area contributed by atoms with Crippen LogP contribution in [-0.2, 0) is 0 Å². The smallest absolute Gasteiger partial charge is 0.149 e. The first kappa shape index (κ1) is 14.5. The molecule has 3 rings (SSSR count). The molecule has 2 heterocycles. The maximum atomic E-state index is 6.32. The summed E-state index contributed by atoms with van der Waals surface area (Å²) >= 11 is 12.4. The molecule has 1 saturated heterocycles. The Balaban J connectivity index is 1.83. The van der Waals surface area contributed by atoms with Gasteiger partial charge in [-0.15, -0.1) is 0 Å². The van der Waals surface area contributed by atoms with E-state index in [4.69, 9.17) is 23.2 Å². The Kier molecular flexibility index (Phi) is 4.22. The highest BCUT2D eigenvalue weighted by Gasteiger charge is 2.26. The zero-order valence-electron chi connectivity index (χ0n) is 11.8. The average Bonchev–Trinajstić information content (AvgIpc) is 2.98. The van der Waals surface area contributed by atoms with Crippen molar-refractivity contribution < 1.29 is 0 Å². The molecule has 3 nitrogen and oxygen atoms in total. The van der Waals surface area contributed by atoms with Crippen molar-refractivity contribution in [2.75, 3.05) is 30.4 Å². The minimum atomic E-state index is 0.526. The van der Waals surface area contributed by atoms with E-state index in [0.29, 0.717) is 21.8 Å². The number of halogens is 2. The standard InChI is InChI=1S/C16H17Cl2N3/c1-19-15-13(17)9-14(18)16(20-15)21-8-7-12(10-21)11-5-3-2-4-6-11/h2-6,9,12H,7-8,10H2,1H3,(H,19,20). The van der Waals surface area contributed by atoms with E-state index in [-0.39, 0.29) is 0 Å². The lowest BCUT2D eigenvalue weighted by molar-refractivity contribution is 0.774. The van der Waals surface area contributed by atoms with Crippen molar-refractivity contribution in [3.05, 3.63) is 52.0 Å². The molecular formula is C16H17Cl2N3. The van der Waals surface area contributed by atoms with Gasteiger partial charge in [-0.05, 0) is 18.1 Å². The molecule has 2 aromatic rings. The zero-order valence-corrected chi connectivity index (χ0v) is 13.3. The lowest BCUT2D eigenvalue weighted by Gasteiger charge is -2.20. The molecule has 0 amide bonds. The maximum Gasteiger partial charge on any atom is 0.149 e. The number of nitrogens with zero attached hydrogens (tertiary/aromatic N) is 2. The van der Waals surface area contributed by atoms with Gasteiger partial charge in [-0.1, -0.05) is 53.5 Å². The number of rotatable bonds is 3. The van der Waals surface area contributed by atoms with Gasteiger partial charge < -0.3 is 10.2 Å². The summed E-state index contributed by atoms with van der Waals surface area (Å²) in [5, 5.41) is 4.15. The molecule has 0 radical (unpaired) electrons. The highest BCUT2D eigenvalue weighted by molar-refractivity contribution is 6.37. The van der Waals surface area contributed by atoms with Crippen LogP contribution in [0.25, 0.3) is 0 Å². The van der Waals surface area contributed by atoms with Gasteiger partial charge in [-0.3, -0.25) is 0 Å². The molecule has 5 heteroatoms. The van der Waals surface area contributed by atoms with Crippen LogP contribution >= 0.6 is 23.2 Å². The molecule has 1 aliphatic heterocycles. The number of aromatic nitrogens is 1. The quantitative estimate of drug-likeness (QED) is 0.906. The van der Waals surface area contributed by atoms with Crippen LogP contribution in [0.5, 0.6) is 0 Å². The molecule has 21 heavy (non-hydrogen) atoms. The SMILES string of the molecule is CNc1nc(N2CCC(c3ccccc3)C2)c(Cl)cc1Cl. The Labute approximate surface area is 134 Å². The van der Waals surface area contributed by atoms with Gasteiger partial charge in [-0.25, -0.2) is 4.98 Å². The maximum absolute atomic E-state index is 6.32. The van der Waals surface area contributed by atoms with Crippen LogP contribution in [0.1, 0.15) is 17.9 Å². The predicted octanol–water partition coefficient (Wildman–Crippen LogP) is 4.42. The molecule has 0 spiro atoms. The van der Waals surface area contributed by atoms with Crippen LogP contribution in [0.2, 0.25) is 10.0 Å². The van der Waals surface area contributed by atoms with E-state index < -0.39 is 0 Å². The molecule has 0 bridgehead atoms.